The first-order chi connectivity index (χ1) is 5.15. The highest BCUT2D eigenvalue weighted by Gasteiger charge is 2.06. The van der Waals surface area contributed by atoms with Crippen molar-refractivity contribution in [1.82, 2.24) is 0 Å². The van der Waals surface area contributed by atoms with Gasteiger partial charge < -0.3 is 0 Å². The van der Waals surface area contributed by atoms with Crippen LogP contribution in [0.1, 0.15) is 5.56 Å². The summed E-state index contributed by atoms with van der Waals surface area (Å²) in [5.74, 6) is 0.00481. The maximum atomic E-state index is 11.1. The lowest BCUT2D eigenvalue weighted by molar-refractivity contribution is 0.348. The molecule has 0 amide bonds. The summed E-state index contributed by atoms with van der Waals surface area (Å²) in [6.07, 6.45) is 0. The van der Waals surface area contributed by atoms with Crippen molar-refractivity contribution in [2.75, 3.05) is 0 Å². The Labute approximate surface area is 91.5 Å². The summed E-state index contributed by atoms with van der Waals surface area (Å²) >= 11 is 3.86. The van der Waals surface area contributed by atoms with Gasteiger partial charge in [-0.25, -0.2) is 0 Å². The van der Waals surface area contributed by atoms with Crippen LogP contribution in [-0.4, -0.2) is 0 Å². The van der Waals surface area contributed by atoms with E-state index in [0.29, 0.717) is 12.7 Å². The molecule has 2 nitrogen and oxygen atoms in total. The van der Waals surface area contributed by atoms with Gasteiger partial charge in [0.15, 0.2) is 0 Å². The number of nitrogens with zero attached hydrogens (tertiary/aromatic N) is 1. The number of hydrogen-bond acceptors (Lipinski definition) is 1. The molecule has 1 aromatic carbocycles. The Morgan fingerprint density at radius 2 is 1.73 bits per heavy atom. The fraction of sp³-hybridized carbons (Fsp3) is 0. The predicted octanol–water partition coefficient (Wildman–Crippen LogP) is 2.91. The molecule has 0 unspecified atom stereocenters. The molecular formula is C7H2I2NO. The molecule has 0 aliphatic heterocycles. The molecule has 55 valence electrons. The van der Waals surface area contributed by atoms with Crippen LogP contribution >= 0.6 is 45.2 Å². The summed E-state index contributed by atoms with van der Waals surface area (Å²) in [4.78, 5) is 0. The maximum Gasteiger partial charge on any atom is 0.205 e. The molecule has 0 fully saturated rings. The molecule has 1 aromatic rings. The highest BCUT2D eigenvalue weighted by Crippen LogP contribution is 2.27. The van der Waals surface area contributed by atoms with E-state index in [1.807, 2.05) is 51.3 Å². The van der Waals surface area contributed by atoms with Crippen molar-refractivity contribution in [3.8, 4) is 11.8 Å². The third-order valence-electron chi connectivity index (χ3n) is 1.13. The van der Waals surface area contributed by atoms with E-state index < -0.39 is 0 Å². The smallest absolute Gasteiger partial charge is 0.205 e. The molecule has 0 saturated heterocycles. The van der Waals surface area contributed by atoms with Gasteiger partial charge in [-0.05, 0) is 57.3 Å². The van der Waals surface area contributed by atoms with Crippen LogP contribution < -0.4 is 0 Å². The molecule has 11 heavy (non-hydrogen) atoms. The van der Waals surface area contributed by atoms with E-state index in [0.717, 1.165) is 0 Å². The monoisotopic (exact) mass is 370 g/mol. The van der Waals surface area contributed by atoms with Crippen molar-refractivity contribution in [3.63, 3.8) is 0 Å². The Bertz CT molecular complexity index is 307. The van der Waals surface area contributed by atoms with Crippen molar-refractivity contribution in [2.45, 2.75) is 0 Å². The third-order valence-corrected chi connectivity index (χ3v) is 2.73. The first kappa shape index (κ1) is 9.06. The van der Waals surface area contributed by atoms with E-state index in [1.54, 1.807) is 12.1 Å². The van der Waals surface area contributed by atoms with Gasteiger partial charge in [0, 0.05) is 0 Å². The molecule has 0 N–H and O–H groups in total. The molecule has 1 radical (unpaired) electrons. The highest BCUT2D eigenvalue weighted by atomic mass is 127. The van der Waals surface area contributed by atoms with Crippen LogP contribution in [0.4, 0.5) is 0 Å². The summed E-state index contributed by atoms with van der Waals surface area (Å²) in [6, 6.07) is 5.16. The van der Waals surface area contributed by atoms with E-state index in [2.05, 4.69) is 0 Å². The third kappa shape index (κ3) is 1.96. The van der Waals surface area contributed by atoms with Crippen LogP contribution in [0.3, 0.4) is 0 Å². The molecule has 0 bridgehead atoms. The predicted molar refractivity (Wildman–Crippen MR) is 56.7 cm³/mol. The average Bonchev–Trinajstić information content (AvgIpc) is 1.99. The molecule has 0 saturated carbocycles. The van der Waals surface area contributed by atoms with E-state index in [4.69, 9.17) is 5.26 Å². The first-order valence-corrected chi connectivity index (χ1v) is 4.87. The number of benzene rings is 1. The molecule has 0 atom stereocenters. The lowest BCUT2D eigenvalue weighted by Gasteiger charge is -1.96. The molecular weight excluding hydrogens is 368 g/mol. The highest BCUT2D eigenvalue weighted by molar-refractivity contribution is 14.1. The van der Waals surface area contributed by atoms with Gasteiger partial charge in [0.1, 0.15) is 0 Å². The second-order valence-electron chi connectivity index (χ2n) is 1.88. The van der Waals surface area contributed by atoms with Crippen LogP contribution in [0.2, 0.25) is 0 Å². The maximum absolute atomic E-state index is 11.1. The topological polar surface area (TPSA) is 43.7 Å². The zero-order valence-corrected chi connectivity index (χ0v) is 9.58. The fourth-order valence-corrected chi connectivity index (χ4v) is 2.39. The zero-order chi connectivity index (χ0) is 8.43. The number of nitriles is 1. The van der Waals surface area contributed by atoms with E-state index in [9.17, 15) is 5.11 Å². The Morgan fingerprint density at radius 3 is 2.09 bits per heavy atom. The fourth-order valence-electron chi connectivity index (χ4n) is 0.624. The lowest BCUT2D eigenvalue weighted by atomic mass is 10.2. The minimum Gasteiger partial charge on any atom is -0.288 e. The van der Waals surface area contributed by atoms with Crippen LogP contribution in [0, 0.1) is 18.5 Å². The summed E-state index contributed by atoms with van der Waals surface area (Å²) in [6.45, 7) is 0. The largest absolute Gasteiger partial charge is 0.288 e. The van der Waals surface area contributed by atoms with E-state index >= 15 is 0 Å². The molecule has 0 heterocycles. The van der Waals surface area contributed by atoms with Crippen LogP contribution in [0.15, 0.2) is 12.1 Å². The second-order valence-corrected chi connectivity index (χ2v) is 4.21. The number of hydrogen-bond donors (Lipinski definition) is 0. The summed E-state index contributed by atoms with van der Waals surface area (Å²) in [5, 5.41) is 19.6. The van der Waals surface area contributed by atoms with Gasteiger partial charge >= 0.3 is 0 Å². The Kier molecular flexibility index (Phi) is 2.95. The van der Waals surface area contributed by atoms with E-state index in [1.165, 1.54) is 0 Å². The van der Waals surface area contributed by atoms with Crippen molar-refractivity contribution in [2.24, 2.45) is 0 Å². The number of halogens is 2. The summed E-state index contributed by atoms with van der Waals surface area (Å²) in [5.41, 5.74) is 0.540. The molecule has 0 aliphatic carbocycles. The van der Waals surface area contributed by atoms with Gasteiger partial charge in [-0.3, -0.25) is 5.11 Å². The van der Waals surface area contributed by atoms with Gasteiger partial charge in [-0.1, -0.05) is 0 Å². The van der Waals surface area contributed by atoms with Gasteiger partial charge in [-0.15, -0.1) is 0 Å². The first-order valence-electron chi connectivity index (χ1n) is 2.71. The number of rotatable bonds is 0. The summed E-state index contributed by atoms with van der Waals surface area (Å²) < 4.78 is 1.21. The van der Waals surface area contributed by atoms with E-state index in [-0.39, 0.29) is 5.75 Å². The zero-order valence-electron chi connectivity index (χ0n) is 5.27. The minimum atomic E-state index is 0.00481. The Hall–Kier alpha value is -0.0300. The molecule has 4 heteroatoms. The SMILES string of the molecule is N#Cc1cc(I)c([O])c(I)c1. The van der Waals surface area contributed by atoms with Crippen LogP contribution in [0.5, 0.6) is 5.75 Å². The van der Waals surface area contributed by atoms with Crippen molar-refractivity contribution >= 4 is 45.2 Å². The van der Waals surface area contributed by atoms with Crippen molar-refractivity contribution in [1.29, 1.82) is 5.26 Å². The quantitative estimate of drug-likeness (QED) is 0.648. The molecule has 0 spiro atoms. The van der Waals surface area contributed by atoms with Gasteiger partial charge in [0.25, 0.3) is 0 Å². The van der Waals surface area contributed by atoms with Crippen LogP contribution in [-0.2, 0) is 5.11 Å². The van der Waals surface area contributed by atoms with Gasteiger partial charge in [0.2, 0.25) is 5.75 Å². The molecule has 0 aliphatic rings. The normalized spacial score (nSPS) is 9.18. The molecule has 0 aromatic heterocycles. The lowest BCUT2D eigenvalue weighted by Crippen LogP contribution is -1.81. The average molecular weight is 370 g/mol. The minimum absolute atomic E-state index is 0.00481. The standard InChI is InChI=1S/C7H2I2NO/c8-5-1-4(3-10)2-6(9)7(5)11/h1-2H. The Morgan fingerprint density at radius 1 is 1.27 bits per heavy atom. The second kappa shape index (κ2) is 3.58. The van der Waals surface area contributed by atoms with Crippen molar-refractivity contribution in [3.05, 3.63) is 24.8 Å². The van der Waals surface area contributed by atoms with Crippen LogP contribution in [0.25, 0.3) is 0 Å². The summed E-state index contributed by atoms with van der Waals surface area (Å²) in [7, 11) is 0. The Balaban J connectivity index is 3.35. The van der Waals surface area contributed by atoms with Gasteiger partial charge in [-0.2, -0.15) is 5.26 Å². The molecule has 1 rings (SSSR count). The van der Waals surface area contributed by atoms with Crippen molar-refractivity contribution < 1.29 is 5.11 Å². The van der Waals surface area contributed by atoms with Gasteiger partial charge in [0.05, 0.1) is 18.8 Å².